The van der Waals surface area contributed by atoms with Gasteiger partial charge in [0.15, 0.2) is 6.20 Å². The van der Waals surface area contributed by atoms with Gasteiger partial charge < -0.3 is 15.6 Å². The Balaban J connectivity index is 2.78. The van der Waals surface area contributed by atoms with Crippen LogP contribution in [0.5, 0.6) is 0 Å². The van der Waals surface area contributed by atoms with Gasteiger partial charge in [-0.05, 0) is 13.5 Å². The van der Waals surface area contributed by atoms with Crippen LogP contribution in [0.15, 0.2) is 30.8 Å². The van der Waals surface area contributed by atoms with Crippen LogP contribution in [0, 0.1) is 20.8 Å². The molecule has 0 spiro atoms. The number of ether oxygens (including phenoxy) is 1. The van der Waals surface area contributed by atoms with E-state index in [4.69, 9.17) is 10.5 Å². The molecule has 1 heterocycles. The van der Waals surface area contributed by atoms with Crippen LogP contribution >= 0.6 is 0 Å². The molecule has 0 amide bonds. The summed E-state index contributed by atoms with van der Waals surface area (Å²) in [7, 11) is 0. The van der Waals surface area contributed by atoms with Crippen LogP contribution in [-0.2, 0) is 11.3 Å². The van der Waals surface area contributed by atoms with Crippen LogP contribution < -0.4 is 10.3 Å². The first-order valence-electron chi connectivity index (χ1n) is 7.91. The Morgan fingerprint density at radius 1 is 1.38 bits per heavy atom. The molecule has 1 aromatic rings. The Labute approximate surface area is 144 Å². The van der Waals surface area contributed by atoms with E-state index in [2.05, 4.69) is 17.7 Å². The molecule has 1 atom stereocenters. The molecule has 3 N–H and O–H groups in total. The van der Waals surface area contributed by atoms with E-state index in [0.29, 0.717) is 12.2 Å². The standard InChI is InChI=1S/C18H30N4O2/c1-8-20(14(4)13(3)19)12-24-11-18(23)10-22-16(6)15(5)21(9-2)17(22)7/h8-9,12,18,23H,1-2,10-11,19H2,3-7H3/q+2/b14-13-,20-12?. The summed E-state index contributed by atoms with van der Waals surface area (Å²) in [6.45, 7) is 17.9. The summed E-state index contributed by atoms with van der Waals surface area (Å²) in [6.07, 6.45) is 4.25. The number of aliphatic hydroxyl groups excluding tert-OH is 1. The van der Waals surface area contributed by atoms with Gasteiger partial charge in [0.1, 0.15) is 30.6 Å². The highest BCUT2D eigenvalue weighted by molar-refractivity contribution is 5.41. The zero-order chi connectivity index (χ0) is 18.4. The van der Waals surface area contributed by atoms with Crippen molar-refractivity contribution in [2.45, 2.75) is 47.3 Å². The van der Waals surface area contributed by atoms with Crippen LogP contribution in [0.2, 0.25) is 0 Å². The first-order chi connectivity index (χ1) is 11.2. The number of nitrogens with two attached hydrogens (primary N) is 1. The van der Waals surface area contributed by atoms with Gasteiger partial charge in [0, 0.05) is 27.7 Å². The third-order valence-corrected chi connectivity index (χ3v) is 4.24. The van der Waals surface area contributed by atoms with Crippen molar-refractivity contribution in [2.24, 2.45) is 5.73 Å². The third kappa shape index (κ3) is 4.35. The van der Waals surface area contributed by atoms with E-state index in [1.54, 1.807) is 17.0 Å². The van der Waals surface area contributed by atoms with E-state index < -0.39 is 6.10 Å². The summed E-state index contributed by atoms with van der Waals surface area (Å²) >= 11 is 0. The van der Waals surface area contributed by atoms with Crippen molar-refractivity contribution < 1.29 is 19.0 Å². The maximum Gasteiger partial charge on any atom is 0.334 e. The van der Waals surface area contributed by atoms with Crippen molar-refractivity contribution in [3.05, 3.63) is 48.0 Å². The van der Waals surface area contributed by atoms with Crippen LogP contribution in [0.3, 0.4) is 0 Å². The first kappa shape index (κ1) is 19.7. The molecule has 0 fully saturated rings. The Morgan fingerprint density at radius 2 is 2.00 bits per heavy atom. The Kier molecular flexibility index (Phi) is 6.97. The molecule has 0 radical (unpaired) electrons. The second-order valence-corrected chi connectivity index (χ2v) is 5.83. The van der Waals surface area contributed by atoms with E-state index >= 15 is 0 Å². The molecular weight excluding hydrogens is 304 g/mol. The number of imidazole rings is 1. The molecule has 0 aromatic carbocycles. The molecule has 1 unspecified atom stereocenters. The molecule has 24 heavy (non-hydrogen) atoms. The summed E-state index contributed by atoms with van der Waals surface area (Å²) < 4.78 is 11.2. The number of hydrogen-bond donors (Lipinski definition) is 2. The van der Waals surface area contributed by atoms with Gasteiger partial charge in [-0.15, -0.1) is 4.58 Å². The molecular formula is C18H30N4O2+2. The Morgan fingerprint density at radius 3 is 2.46 bits per heavy atom. The van der Waals surface area contributed by atoms with Gasteiger partial charge in [-0.1, -0.05) is 6.58 Å². The van der Waals surface area contributed by atoms with Crippen molar-refractivity contribution in [1.82, 2.24) is 4.57 Å². The minimum atomic E-state index is -0.640. The zero-order valence-corrected chi connectivity index (χ0v) is 15.4. The average molecular weight is 334 g/mol. The van der Waals surface area contributed by atoms with Gasteiger partial charge in [0.05, 0.1) is 11.9 Å². The van der Waals surface area contributed by atoms with Gasteiger partial charge in [0.25, 0.3) is 5.82 Å². The van der Waals surface area contributed by atoms with Crippen LogP contribution in [0.1, 0.15) is 31.1 Å². The summed E-state index contributed by atoms with van der Waals surface area (Å²) in [4.78, 5) is 0. The number of aromatic nitrogens is 2. The number of aliphatic hydroxyl groups is 1. The molecule has 1 rings (SSSR count). The van der Waals surface area contributed by atoms with Crippen LogP contribution in [0.4, 0.5) is 0 Å². The second kappa shape index (κ2) is 8.49. The van der Waals surface area contributed by atoms with Crippen LogP contribution in [0.25, 0.3) is 6.20 Å². The normalized spacial score (nSPS) is 14.2. The fraction of sp³-hybridized carbons (Fsp3) is 0.444. The fourth-order valence-corrected chi connectivity index (χ4v) is 2.48. The lowest BCUT2D eigenvalue weighted by molar-refractivity contribution is -0.714. The SMILES string of the molecule is C=Cn1c(C)c(C)[n+](CC(O)COC=[N+](C=C)/C(C)=C(/C)N)c1C. The first-order valence-corrected chi connectivity index (χ1v) is 7.91. The Bertz CT molecular complexity index is 680. The summed E-state index contributed by atoms with van der Waals surface area (Å²) in [5.74, 6) is 1.02. The average Bonchev–Trinajstić information content (AvgIpc) is 2.74. The predicted molar refractivity (Wildman–Crippen MR) is 96.3 cm³/mol. The van der Waals surface area contributed by atoms with Crippen molar-refractivity contribution in [3.8, 4) is 0 Å². The van der Waals surface area contributed by atoms with Crippen molar-refractivity contribution >= 4 is 12.6 Å². The second-order valence-electron chi connectivity index (χ2n) is 5.83. The maximum absolute atomic E-state index is 10.3. The topological polar surface area (TPSA) is 67.3 Å². The quantitative estimate of drug-likeness (QED) is 0.431. The van der Waals surface area contributed by atoms with E-state index in [9.17, 15) is 5.11 Å². The minimum absolute atomic E-state index is 0.172. The lowest BCUT2D eigenvalue weighted by Gasteiger charge is -2.09. The molecule has 0 saturated carbocycles. The smallest absolute Gasteiger partial charge is 0.334 e. The molecule has 0 saturated heterocycles. The van der Waals surface area contributed by atoms with Gasteiger partial charge in [-0.25, -0.2) is 9.13 Å². The molecule has 0 aliphatic rings. The Hall–Kier alpha value is -2.34. The highest BCUT2D eigenvalue weighted by atomic mass is 16.5. The molecule has 0 aliphatic carbocycles. The van der Waals surface area contributed by atoms with E-state index in [1.165, 1.54) is 6.40 Å². The van der Waals surface area contributed by atoms with Crippen molar-refractivity contribution in [2.75, 3.05) is 6.61 Å². The molecule has 1 aromatic heterocycles. The monoisotopic (exact) mass is 334 g/mol. The number of rotatable bonds is 8. The lowest BCUT2D eigenvalue weighted by Crippen LogP contribution is -2.45. The largest absolute Gasteiger partial charge is 0.447 e. The number of hydrogen-bond acceptors (Lipinski definition) is 3. The van der Waals surface area contributed by atoms with Gasteiger partial charge in [0.2, 0.25) is 5.70 Å². The summed E-state index contributed by atoms with van der Waals surface area (Å²) in [5.41, 5.74) is 9.48. The molecule has 132 valence electrons. The van der Waals surface area contributed by atoms with E-state index in [1.807, 2.05) is 39.2 Å². The summed E-state index contributed by atoms with van der Waals surface area (Å²) in [6, 6.07) is 0. The van der Waals surface area contributed by atoms with E-state index in [0.717, 1.165) is 22.9 Å². The molecule has 0 aliphatic heterocycles. The minimum Gasteiger partial charge on any atom is -0.447 e. The predicted octanol–water partition coefficient (Wildman–Crippen LogP) is 1.57. The highest BCUT2D eigenvalue weighted by Gasteiger charge is 2.23. The lowest BCUT2D eigenvalue weighted by atomic mass is 10.3. The van der Waals surface area contributed by atoms with Crippen molar-refractivity contribution in [1.29, 1.82) is 0 Å². The number of nitrogens with zero attached hydrogens (tertiary/aromatic N) is 3. The highest BCUT2D eigenvalue weighted by Crippen LogP contribution is 2.08. The van der Waals surface area contributed by atoms with Gasteiger partial charge in [-0.3, -0.25) is 0 Å². The van der Waals surface area contributed by atoms with E-state index in [-0.39, 0.29) is 6.61 Å². The zero-order valence-electron chi connectivity index (χ0n) is 15.4. The van der Waals surface area contributed by atoms with Crippen LogP contribution in [-0.4, -0.2) is 33.4 Å². The summed E-state index contributed by atoms with van der Waals surface area (Å²) in [5, 5.41) is 10.3. The van der Waals surface area contributed by atoms with Gasteiger partial charge >= 0.3 is 6.40 Å². The number of allylic oxidation sites excluding steroid dienone is 2. The molecule has 0 bridgehead atoms. The maximum atomic E-state index is 10.3. The van der Waals surface area contributed by atoms with Crippen molar-refractivity contribution in [3.63, 3.8) is 0 Å². The fourth-order valence-electron chi connectivity index (χ4n) is 2.48. The third-order valence-electron chi connectivity index (χ3n) is 4.24. The molecule has 6 heteroatoms. The molecule has 6 nitrogen and oxygen atoms in total. The van der Waals surface area contributed by atoms with Gasteiger partial charge in [-0.2, -0.15) is 0 Å².